The molecule has 2 N–H and O–H groups in total. The van der Waals surface area contributed by atoms with Gasteiger partial charge in [-0.1, -0.05) is 24.3 Å². The third kappa shape index (κ3) is 3.35. The molecule has 3 nitrogen and oxygen atoms in total. The standard InChI is InChI=1S/C15H14BrNO2/c1-10-6-7-12(13(16)8-10)15(19)17-9-11-4-2-3-5-14(11)18/h2-8,18H,9H2,1H3,(H,17,19). The molecule has 0 bridgehead atoms. The lowest BCUT2D eigenvalue weighted by Crippen LogP contribution is -2.23. The Kier molecular flexibility index (Phi) is 4.22. The van der Waals surface area contributed by atoms with E-state index < -0.39 is 0 Å². The second-order valence-electron chi connectivity index (χ2n) is 4.29. The van der Waals surface area contributed by atoms with Crippen LogP contribution in [0, 0.1) is 6.92 Å². The molecule has 0 saturated carbocycles. The Labute approximate surface area is 120 Å². The van der Waals surface area contributed by atoms with Crippen molar-refractivity contribution in [3.8, 4) is 5.75 Å². The first-order valence-corrected chi connectivity index (χ1v) is 6.68. The van der Waals surface area contributed by atoms with Crippen molar-refractivity contribution in [2.75, 3.05) is 0 Å². The minimum atomic E-state index is -0.171. The van der Waals surface area contributed by atoms with Gasteiger partial charge in [-0.15, -0.1) is 0 Å². The van der Waals surface area contributed by atoms with Gasteiger partial charge in [-0.3, -0.25) is 4.79 Å². The summed E-state index contributed by atoms with van der Waals surface area (Å²) in [6.07, 6.45) is 0. The quantitative estimate of drug-likeness (QED) is 0.911. The van der Waals surface area contributed by atoms with Crippen molar-refractivity contribution in [1.82, 2.24) is 5.32 Å². The number of aryl methyl sites for hydroxylation is 1. The van der Waals surface area contributed by atoms with Gasteiger partial charge in [0.05, 0.1) is 5.56 Å². The van der Waals surface area contributed by atoms with Crippen molar-refractivity contribution in [3.63, 3.8) is 0 Å². The van der Waals surface area contributed by atoms with Crippen molar-refractivity contribution in [2.45, 2.75) is 13.5 Å². The fraction of sp³-hybridized carbons (Fsp3) is 0.133. The topological polar surface area (TPSA) is 49.3 Å². The minimum Gasteiger partial charge on any atom is -0.508 e. The highest BCUT2D eigenvalue weighted by Crippen LogP contribution is 2.19. The van der Waals surface area contributed by atoms with Crippen LogP contribution in [0.3, 0.4) is 0 Å². The van der Waals surface area contributed by atoms with E-state index in [0.717, 1.165) is 10.0 Å². The largest absolute Gasteiger partial charge is 0.508 e. The van der Waals surface area contributed by atoms with Crippen molar-refractivity contribution in [1.29, 1.82) is 0 Å². The predicted octanol–water partition coefficient (Wildman–Crippen LogP) is 3.39. The van der Waals surface area contributed by atoms with Crippen LogP contribution < -0.4 is 5.32 Å². The van der Waals surface area contributed by atoms with E-state index in [2.05, 4.69) is 21.2 Å². The molecule has 0 spiro atoms. The third-order valence-corrected chi connectivity index (χ3v) is 3.46. The molecule has 0 unspecified atom stereocenters. The first kappa shape index (κ1) is 13.6. The molecule has 0 radical (unpaired) electrons. The first-order valence-electron chi connectivity index (χ1n) is 5.89. The molecule has 1 amide bonds. The van der Waals surface area contributed by atoms with Gasteiger partial charge in [-0.25, -0.2) is 0 Å². The molecular weight excluding hydrogens is 306 g/mol. The number of nitrogens with one attached hydrogen (secondary N) is 1. The number of carbonyl (C=O) groups excluding carboxylic acids is 1. The molecule has 0 saturated heterocycles. The zero-order chi connectivity index (χ0) is 13.8. The normalized spacial score (nSPS) is 10.2. The van der Waals surface area contributed by atoms with Gasteiger partial charge in [-0.2, -0.15) is 0 Å². The Hall–Kier alpha value is -1.81. The van der Waals surface area contributed by atoms with Gasteiger partial charge in [0.15, 0.2) is 0 Å². The molecule has 2 rings (SSSR count). The van der Waals surface area contributed by atoms with Gasteiger partial charge < -0.3 is 10.4 Å². The molecule has 98 valence electrons. The third-order valence-electron chi connectivity index (χ3n) is 2.80. The Bertz CT molecular complexity index is 611. The van der Waals surface area contributed by atoms with Gasteiger partial charge in [0.2, 0.25) is 0 Å². The molecule has 0 atom stereocenters. The Morgan fingerprint density at radius 3 is 2.68 bits per heavy atom. The number of rotatable bonds is 3. The van der Waals surface area contributed by atoms with E-state index in [1.165, 1.54) is 0 Å². The highest BCUT2D eigenvalue weighted by Gasteiger charge is 2.10. The van der Waals surface area contributed by atoms with Crippen LogP contribution in [0.2, 0.25) is 0 Å². The van der Waals surface area contributed by atoms with E-state index in [1.54, 1.807) is 24.3 Å². The van der Waals surface area contributed by atoms with Crippen LogP contribution in [0.15, 0.2) is 46.9 Å². The van der Waals surface area contributed by atoms with Crippen molar-refractivity contribution in [3.05, 3.63) is 63.6 Å². The lowest BCUT2D eigenvalue weighted by atomic mass is 10.1. The van der Waals surface area contributed by atoms with Gasteiger partial charge in [0, 0.05) is 16.6 Å². The molecule has 0 fully saturated rings. The lowest BCUT2D eigenvalue weighted by molar-refractivity contribution is 0.0950. The summed E-state index contributed by atoms with van der Waals surface area (Å²) >= 11 is 3.38. The molecule has 4 heteroatoms. The SMILES string of the molecule is Cc1ccc(C(=O)NCc2ccccc2O)c(Br)c1. The molecule has 0 aliphatic heterocycles. The van der Waals surface area contributed by atoms with Crippen molar-refractivity contribution in [2.24, 2.45) is 0 Å². The highest BCUT2D eigenvalue weighted by molar-refractivity contribution is 9.10. The Morgan fingerprint density at radius 2 is 2.00 bits per heavy atom. The van der Waals surface area contributed by atoms with Crippen LogP contribution in [0.25, 0.3) is 0 Å². The first-order chi connectivity index (χ1) is 9.08. The maximum absolute atomic E-state index is 12.0. The van der Waals surface area contributed by atoms with Gasteiger partial charge in [0.1, 0.15) is 5.75 Å². The van der Waals surface area contributed by atoms with E-state index in [9.17, 15) is 9.90 Å². The Morgan fingerprint density at radius 1 is 1.26 bits per heavy atom. The number of aromatic hydroxyl groups is 1. The molecule has 2 aromatic rings. The number of benzene rings is 2. The summed E-state index contributed by atoms with van der Waals surface area (Å²) in [4.78, 5) is 12.0. The number of carbonyl (C=O) groups is 1. The smallest absolute Gasteiger partial charge is 0.252 e. The number of phenols is 1. The number of hydrogen-bond acceptors (Lipinski definition) is 2. The fourth-order valence-electron chi connectivity index (χ4n) is 1.74. The molecule has 19 heavy (non-hydrogen) atoms. The summed E-state index contributed by atoms with van der Waals surface area (Å²) in [7, 11) is 0. The van der Waals surface area contributed by atoms with Crippen LogP contribution in [0.5, 0.6) is 5.75 Å². The zero-order valence-electron chi connectivity index (χ0n) is 10.5. The summed E-state index contributed by atoms with van der Waals surface area (Å²) in [6.45, 7) is 2.26. The molecule has 0 aliphatic carbocycles. The molecule has 2 aromatic carbocycles. The van der Waals surface area contributed by atoms with E-state index in [4.69, 9.17) is 0 Å². The molecule has 0 aromatic heterocycles. The number of phenolic OH excluding ortho intramolecular Hbond substituents is 1. The lowest BCUT2D eigenvalue weighted by Gasteiger charge is -2.08. The van der Waals surface area contributed by atoms with Crippen LogP contribution in [-0.4, -0.2) is 11.0 Å². The van der Waals surface area contributed by atoms with Gasteiger partial charge in [-0.05, 0) is 46.6 Å². The molecule has 0 aliphatic rings. The van der Waals surface area contributed by atoms with Crippen LogP contribution >= 0.6 is 15.9 Å². The van der Waals surface area contributed by atoms with E-state index >= 15 is 0 Å². The molecular formula is C15H14BrNO2. The monoisotopic (exact) mass is 319 g/mol. The second-order valence-corrected chi connectivity index (χ2v) is 5.15. The summed E-state index contributed by atoms with van der Waals surface area (Å²) in [5, 5.41) is 12.4. The number of halogens is 1. The van der Waals surface area contributed by atoms with E-state index in [-0.39, 0.29) is 11.7 Å². The summed E-state index contributed by atoms with van der Waals surface area (Å²) in [5.74, 6) is 0.0147. The summed E-state index contributed by atoms with van der Waals surface area (Å²) in [6, 6.07) is 12.5. The maximum atomic E-state index is 12.0. The Balaban J connectivity index is 2.08. The number of amides is 1. The fourth-order valence-corrected chi connectivity index (χ4v) is 2.41. The summed E-state index contributed by atoms with van der Waals surface area (Å²) < 4.78 is 0.766. The predicted molar refractivity (Wildman–Crippen MR) is 78.2 cm³/mol. The second kappa shape index (κ2) is 5.89. The van der Waals surface area contributed by atoms with E-state index in [1.807, 2.05) is 25.1 Å². The van der Waals surface area contributed by atoms with Crippen molar-refractivity contribution >= 4 is 21.8 Å². The summed E-state index contributed by atoms with van der Waals surface area (Å²) in [5.41, 5.74) is 2.37. The van der Waals surface area contributed by atoms with E-state index in [0.29, 0.717) is 17.7 Å². The van der Waals surface area contributed by atoms with Gasteiger partial charge >= 0.3 is 0 Å². The minimum absolute atomic E-state index is 0.171. The van der Waals surface area contributed by atoms with Crippen LogP contribution in [0.1, 0.15) is 21.5 Å². The van der Waals surface area contributed by atoms with Crippen molar-refractivity contribution < 1.29 is 9.90 Å². The van der Waals surface area contributed by atoms with Crippen LogP contribution in [-0.2, 0) is 6.54 Å². The average Bonchev–Trinajstić information content (AvgIpc) is 2.37. The number of hydrogen-bond donors (Lipinski definition) is 2. The zero-order valence-corrected chi connectivity index (χ0v) is 12.1. The van der Waals surface area contributed by atoms with Gasteiger partial charge in [0.25, 0.3) is 5.91 Å². The maximum Gasteiger partial charge on any atom is 0.252 e. The number of para-hydroxylation sites is 1. The average molecular weight is 320 g/mol. The highest BCUT2D eigenvalue weighted by atomic mass is 79.9. The molecule has 0 heterocycles. The van der Waals surface area contributed by atoms with Crippen LogP contribution in [0.4, 0.5) is 0 Å².